The highest BCUT2D eigenvalue weighted by molar-refractivity contribution is 5.91. The first-order valence-corrected chi connectivity index (χ1v) is 6.70. The third-order valence-electron chi connectivity index (χ3n) is 2.95. The molecule has 0 radical (unpaired) electrons. The quantitative estimate of drug-likeness (QED) is 0.921. The van der Waals surface area contributed by atoms with Gasteiger partial charge >= 0.3 is 0 Å². The summed E-state index contributed by atoms with van der Waals surface area (Å²) in [6.07, 6.45) is 0. The fraction of sp³-hybridized carbons (Fsp3) is 0.176. The molecule has 0 fully saturated rings. The maximum atomic E-state index is 11.9. The van der Waals surface area contributed by atoms with E-state index in [1.165, 1.54) is 7.11 Å². The molecule has 0 saturated heterocycles. The molecule has 0 atom stereocenters. The van der Waals surface area contributed by atoms with Gasteiger partial charge in [-0.15, -0.1) is 0 Å². The molecule has 0 bridgehead atoms. The Morgan fingerprint density at radius 2 is 2.05 bits per heavy atom. The molecule has 2 aromatic rings. The van der Waals surface area contributed by atoms with E-state index in [2.05, 4.69) is 5.32 Å². The zero-order valence-electron chi connectivity index (χ0n) is 12.4. The molecule has 112 valence electrons. The van der Waals surface area contributed by atoms with Crippen LogP contribution in [0.4, 0.5) is 5.69 Å². The first kappa shape index (κ1) is 15.4. The lowest BCUT2D eigenvalue weighted by Gasteiger charge is -2.11. The summed E-state index contributed by atoms with van der Waals surface area (Å²) in [4.78, 5) is 11.9. The monoisotopic (exact) mass is 296 g/mol. The largest absolute Gasteiger partial charge is 0.493 e. The van der Waals surface area contributed by atoms with E-state index in [0.29, 0.717) is 17.1 Å². The molecule has 1 N–H and O–H groups in total. The number of hydrogen-bond donors (Lipinski definition) is 1. The van der Waals surface area contributed by atoms with Crippen molar-refractivity contribution in [3.63, 3.8) is 0 Å². The summed E-state index contributed by atoms with van der Waals surface area (Å²) < 4.78 is 10.6. The van der Waals surface area contributed by atoms with Crippen LogP contribution in [-0.2, 0) is 4.79 Å². The molecular formula is C17H16N2O3. The Labute approximate surface area is 129 Å². The van der Waals surface area contributed by atoms with Crippen molar-refractivity contribution in [2.45, 2.75) is 6.92 Å². The smallest absolute Gasteiger partial charge is 0.262 e. The number of rotatable bonds is 5. The Bertz CT molecular complexity index is 720. The van der Waals surface area contributed by atoms with Crippen molar-refractivity contribution in [3.05, 3.63) is 53.6 Å². The minimum absolute atomic E-state index is 0.143. The van der Waals surface area contributed by atoms with Crippen LogP contribution in [0.1, 0.15) is 11.1 Å². The molecule has 2 aromatic carbocycles. The number of carbonyl (C=O) groups is 1. The van der Waals surface area contributed by atoms with E-state index in [-0.39, 0.29) is 12.5 Å². The highest BCUT2D eigenvalue weighted by Crippen LogP contribution is 2.27. The number of methoxy groups -OCH3 is 1. The molecule has 0 saturated carbocycles. The highest BCUT2D eigenvalue weighted by Gasteiger charge is 2.09. The topological polar surface area (TPSA) is 71.3 Å². The van der Waals surface area contributed by atoms with Gasteiger partial charge in [0.15, 0.2) is 18.1 Å². The van der Waals surface area contributed by atoms with E-state index in [0.717, 1.165) is 11.3 Å². The molecule has 0 unspecified atom stereocenters. The molecule has 22 heavy (non-hydrogen) atoms. The van der Waals surface area contributed by atoms with Crippen molar-refractivity contribution in [3.8, 4) is 17.6 Å². The average molecular weight is 296 g/mol. The van der Waals surface area contributed by atoms with E-state index in [4.69, 9.17) is 14.7 Å². The number of anilines is 1. The number of amides is 1. The Morgan fingerprint density at radius 1 is 1.23 bits per heavy atom. The second kappa shape index (κ2) is 7.14. The predicted octanol–water partition coefficient (Wildman–Crippen LogP) is 2.89. The summed E-state index contributed by atoms with van der Waals surface area (Å²) in [5.41, 5.74) is 2.25. The van der Waals surface area contributed by atoms with Gasteiger partial charge < -0.3 is 14.8 Å². The van der Waals surface area contributed by atoms with Gasteiger partial charge in [-0.1, -0.05) is 12.1 Å². The summed E-state index contributed by atoms with van der Waals surface area (Å²) >= 11 is 0. The van der Waals surface area contributed by atoms with Gasteiger partial charge in [-0.05, 0) is 36.8 Å². The van der Waals surface area contributed by atoms with Gasteiger partial charge in [0.2, 0.25) is 0 Å². The minimum atomic E-state index is -0.267. The summed E-state index contributed by atoms with van der Waals surface area (Å²) in [7, 11) is 1.48. The molecule has 0 aliphatic rings. The van der Waals surface area contributed by atoms with Crippen LogP contribution < -0.4 is 14.8 Å². The lowest BCUT2D eigenvalue weighted by Crippen LogP contribution is -2.20. The Morgan fingerprint density at radius 3 is 2.73 bits per heavy atom. The van der Waals surface area contributed by atoms with Crippen LogP contribution >= 0.6 is 0 Å². The van der Waals surface area contributed by atoms with Crippen LogP contribution in [0.25, 0.3) is 0 Å². The maximum Gasteiger partial charge on any atom is 0.262 e. The zero-order chi connectivity index (χ0) is 15.9. The van der Waals surface area contributed by atoms with Gasteiger partial charge in [0.1, 0.15) is 0 Å². The van der Waals surface area contributed by atoms with Gasteiger partial charge in [-0.25, -0.2) is 0 Å². The van der Waals surface area contributed by atoms with Crippen molar-refractivity contribution in [1.82, 2.24) is 0 Å². The second-order valence-corrected chi connectivity index (χ2v) is 4.68. The molecule has 5 heteroatoms. The third-order valence-corrected chi connectivity index (χ3v) is 2.95. The number of benzene rings is 2. The van der Waals surface area contributed by atoms with Crippen LogP contribution in [0.5, 0.6) is 11.5 Å². The van der Waals surface area contributed by atoms with Gasteiger partial charge in [0.05, 0.1) is 18.7 Å². The number of ether oxygens (including phenoxy) is 2. The summed E-state index contributed by atoms with van der Waals surface area (Å²) in [5, 5.41) is 11.6. The molecule has 0 aromatic heterocycles. The number of nitriles is 1. The predicted molar refractivity (Wildman–Crippen MR) is 83.0 cm³/mol. The second-order valence-electron chi connectivity index (χ2n) is 4.68. The summed E-state index contributed by atoms with van der Waals surface area (Å²) in [6.45, 7) is 1.81. The molecule has 0 spiro atoms. The van der Waals surface area contributed by atoms with Crippen molar-refractivity contribution in [1.29, 1.82) is 5.26 Å². The number of nitrogens with zero attached hydrogens (tertiary/aromatic N) is 1. The van der Waals surface area contributed by atoms with Crippen LogP contribution in [0.15, 0.2) is 42.5 Å². The first-order valence-electron chi connectivity index (χ1n) is 6.70. The Hall–Kier alpha value is -3.00. The molecule has 0 heterocycles. The van der Waals surface area contributed by atoms with Crippen molar-refractivity contribution >= 4 is 11.6 Å². The average Bonchev–Trinajstić information content (AvgIpc) is 2.52. The van der Waals surface area contributed by atoms with E-state index in [1.54, 1.807) is 18.2 Å². The fourth-order valence-electron chi connectivity index (χ4n) is 1.92. The summed E-state index contributed by atoms with van der Waals surface area (Å²) in [6, 6.07) is 14.3. The van der Waals surface area contributed by atoms with Crippen LogP contribution in [-0.4, -0.2) is 19.6 Å². The molecule has 5 nitrogen and oxygen atoms in total. The van der Waals surface area contributed by atoms with E-state index >= 15 is 0 Å². The lowest BCUT2D eigenvalue weighted by atomic mass is 10.2. The molecular weight excluding hydrogens is 280 g/mol. The van der Waals surface area contributed by atoms with E-state index in [1.807, 2.05) is 37.3 Å². The first-order chi connectivity index (χ1) is 10.6. The van der Waals surface area contributed by atoms with Crippen LogP contribution in [0.2, 0.25) is 0 Å². The normalized spacial score (nSPS) is 9.68. The SMILES string of the molecule is COc1cc(C#N)ccc1OCC(=O)Nc1cccc(C)c1. The van der Waals surface area contributed by atoms with Crippen molar-refractivity contribution < 1.29 is 14.3 Å². The Kier molecular flexibility index (Phi) is 4.99. The number of nitrogens with one attached hydrogen (secondary N) is 1. The standard InChI is InChI=1S/C17H16N2O3/c1-12-4-3-5-14(8-12)19-17(20)11-22-15-7-6-13(10-18)9-16(15)21-2/h3-9H,11H2,1-2H3,(H,19,20). The van der Waals surface area contributed by atoms with Gasteiger partial charge in [-0.3, -0.25) is 4.79 Å². The fourth-order valence-corrected chi connectivity index (χ4v) is 1.92. The minimum Gasteiger partial charge on any atom is -0.493 e. The van der Waals surface area contributed by atoms with Gasteiger partial charge in [0, 0.05) is 11.8 Å². The van der Waals surface area contributed by atoms with Crippen LogP contribution in [0.3, 0.4) is 0 Å². The molecule has 0 aliphatic heterocycles. The maximum absolute atomic E-state index is 11.9. The molecule has 2 rings (SSSR count). The highest BCUT2D eigenvalue weighted by atomic mass is 16.5. The van der Waals surface area contributed by atoms with Gasteiger partial charge in [-0.2, -0.15) is 5.26 Å². The van der Waals surface area contributed by atoms with E-state index < -0.39 is 0 Å². The van der Waals surface area contributed by atoms with Crippen LogP contribution in [0, 0.1) is 18.3 Å². The Balaban J connectivity index is 1.98. The summed E-state index contributed by atoms with van der Waals surface area (Å²) in [5.74, 6) is 0.570. The third kappa shape index (κ3) is 4.00. The van der Waals surface area contributed by atoms with E-state index in [9.17, 15) is 4.79 Å². The lowest BCUT2D eigenvalue weighted by molar-refractivity contribution is -0.118. The number of aryl methyl sites for hydroxylation is 1. The number of hydrogen-bond acceptors (Lipinski definition) is 4. The van der Waals surface area contributed by atoms with Gasteiger partial charge in [0.25, 0.3) is 5.91 Å². The van der Waals surface area contributed by atoms with Crippen molar-refractivity contribution in [2.75, 3.05) is 19.0 Å². The number of carbonyl (C=O) groups excluding carboxylic acids is 1. The zero-order valence-corrected chi connectivity index (χ0v) is 12.4. The molecule has 0 aliphatic carbocycles. The van der Waals surface area contributed by atoms with Crippen molar-refractivity contribution in [2.24, 2.45) is 0 Å². The molecule has 1 amide bonds.